The summed E-state index contributed by atoms with van der Waals surface area (Å²) in [4.78, 5) is 27.5. The van der Waals surface area contributed by atoms with Gasteiger partial charge < -0.3 is 9.72 Å². The zero-order chi connectivity index (χ0) is 15.6. The molecule has 0 saturated heterocycles. The zero-order valence-electron chi connectivity index (χ0n) is 12.4. The normalized spacial score (nSPS) is 10.3. The summed E-state index contributed by atoms with van der Waals surface area (Å²) in [5.74, 6) is 0.222. The van der Waals surface area contributed by atoms with Crippen molar-refractivity contribution in [2.75, 3.05) is 7.11 Å². The first-order chi connectivity index (χ1) is 10.1. The highest BCUT2D eigenvalue weighted by atomic mass is 16.5. The van der Waals surface area contributed by atoms with E-state index in [1.165, 1.54) is 14.2 Å². The van der Waals surface area contributed by atoms with Crippen LogP contribution in [0, 0.1) is 0 Å². The molecule has 3 aromatic rings. The van der Waals surface area contributed by atoms with E-state index in [-0.39, 0.29) is 16.7 Å². The number of nitrogens with zero attached hydrogens (tertiary/aromatic N) is 2. The molecule has 0 radical (unpaired) electrons. The minimum Gasteiger partial charge on any atom is -0.478 e. The van der Waals surface area contributed by atoms with Gasteiger partial charge in [-0.15, -0.1) is 5.10 Å². The van der Waals surface area contributed by atoms with Crippen LogP contribution in [0.15, 0.2) is 33.9 Å². The number of para-hydroxylation sites is 1. The number of fused-ring (bicyclic) bond motifs is 2. The summed E-state index contributed by atoms with van der Waals surface area (Å²) in [5.41, 5.74) is 0.219. The van der Waals surface area contributed by atoms with Gasteiger partial charge in [0.2, 0.25) is 5.43 Å². The second-order valence-electron chi connectivity index (χ2n) is 4.19. The van der Waals surface area contributed by atoms with Crippen molar-refractivity contribution in [2.45, 2.75) is 13.8 Å². The van der Waals surface area contributed by atoms with E-state index in [1.54, 1.807) is 18.2 Å². The molecular formula is C15H17N3O3. The number of aromatic nitrogens is 3. The van der Waals surface area contributed by atoms with Crippen molar-refractivity contribution in [1.82, 2.24) is 14.8 Å². The largest absolute Gasteiger partial charge is 0.478 e. The minimum atomic E-state index is -0.442. The molecule has 0 saturated carbocycles. The van der Waals surface area contributed by atoms with E-state index in [9.17, 15) is 9.59 Å². The molecule has 6 nitrogen and oxygen atoms in total. The predicted octanol–water partition coefficient (Wildman–Crippen LogP) is 1.81. The molecule has 0 aliphatic heterocycles. The Kier molecular flexibility index (Phi) is 4.07. The number of methoxy groups -OCH3 is 1. The molecule has 0 aliphatic rings. The Labute approximate surface area is 121 Å². The minimum absolute atomic E-state index is 0.0630. The number of benzene rings is 1. The molecule has 3 rings (SSSR count). The quantitative estimate of drug-likeness (QED) is 0.692. The van der Waals surface area contributed by atoms with Gasteiger partial charge in [-0.25, -0.2) is 4.68 Å². The summed E-state index contributed by atoms with van der Waals surface area (Å²) in [5, 5.41) is 4.51. The van der Waals surface area contributed by atoms with Gasteiger partial charge in [0.05, 0.1) is 7.11 Å². The first-order valence-corrected chi connectivity index (χ1v) is 6.69. The van der Waals surface area contributed by atoms with E-state index >= 15 is 0 Å². The van der Waals surface area contributed by atoms with Crippen LogP contribution in [0.5, 0.6) is 5.88 Å². The van der Waals surface area contributed by atoms with E-state index in [4.69, 9.17) is 4.74 Å². The van der Waals surface area contributed by atoms with Gasteiger partial charge in [0.1, 0.15) is 10.9 Å². The number of rotatable bonds is 1. The third-order valence-electron chi connectivity index (χ3n) is 3.06. The molecule has 1 aromatic carbocycles. The smallest absolute Gasteiger partial charge is 0.280 e. The number of nitrogens with one attached hydrogen (secondary N) is 1. The van der Waals surface area contributed by atoms with E-state index in [0.717, 1.165) is 4.68 Å². The molecule has 2 heterocycles. The van der Waals surface area contributed by atoms with Gasteiger partial charge in [-0.1, -0.05) is 26.0 Å². The lowest BCUT2D eigenvalue weighted by molar-refractivity contribution is 0.387. The molecule has 0 bridgehead atoms. The molecule has 0 amide bonds. The number of aromatic amines is 1. The summed E-state index contributed by atoms with van der Waals surface area (Å²) in [6.45, 7) is 4.00. The van der Waals surface area contributed by atoms with Gasteiger partial charge in [-0.3, -0.25) is 9.59 Å². The van der Waals surface area contributed by atoms with Crippen LogP contribution in [0.2, 0.25) is 0 Å². The van der Waals surface area contributed by atoms with Crippen LogP contribution in [0.3, 0.4) is 0 Å². The molecule has 0 fully saturated rings. The maximum absolute atomic E-state index is 12.4. The van der Waals surface area contributed by atoms with Crippen LogP contribution < -0.4 is 15.7 Å². The highest BCUT2D eigenvalue weighted by Crippen LogP contribution is 2.18. The van der Waals surface area contributed by atoms with E-state index in [1.807, 2.05) is 19.9 Å². The van der Waals surface area contributed by atoms with Crippen LogP contribution >= 0.6 is 0 Å². The molecule has 21 heavy (non-hydrogen) atoms. The Morgan fingerprint density at radius 2 is 1.86 bits per heavy atom. The van der Waals surface area contributed by atoms with Crippen LogP contribution in [0.25, 0.3) is 21.8 Å². The second-order valence-corrected chi connectivity index (χ2v) is 4.19. The molecule has 2 aromatic heterocycles. The lowest BCUT2D eigenvalue weighted by Crippen LogP contribution is -2.25. The molecule has 0 aliphatic carbocycles. The van der Waals surface area contributed by atoms with Crippen LogP contribution in [-0.2, 0) is 7.05 Å². The average molecular weight is 287 g/mol. The molecule has 0 spiro atoms. The van der Waals surface area contributed by atoms with Crippen molar-refractivity contribution in [3.8, 4) is 5.88 Å². The SMILES string of the molecule is CC.COc1nn(C)c(=O)c2c(=O)c3ccccc3[nH]c12. The fourth-order valence-electron chi connectivity index (χ4n) is 2.14. The van der Waals surface area contributed by atoms with Crippen molar-refractivity contribution in [2.24, 2.45) is 7.05 Å². The average Bonchev–Trinajstić information content (AvgIpc) is 2.53. The fraction of sp³-hybridized carbons (Fsp3) is 0.267. The van der Waals surface area contributed by atoms with Crippen molar-refractivity contribution >= 4 is 21.8 Å². The van der Waals surface area contributed by atoms with Crippen molar-refractivity contribution in [3.05, 3.63) is 44.8 Å². The standard InChI is InChI=1S/C13H11N3O3.C2H6/c1-16-13(18)9-10(12(15-16)19-2)14-8-6-4-3-5-7(8)11(9)17;1-2/h3-6H,1-2H3,(H,14,17);1-2H3. The molecule has 110 valence electrons. The maximum atomic E-state index is 12.4. The van der Waals surface area contributed by atoms with Gasteiger partial charge in [0.15, 0.2) is 0 Å². The third-order valence-corrected chi connectivity index (χ3v) is 3.06. The van der Waals surface area contributed by atoms with Gasteiger partial charge >= 0.3 is 0 Å². The molecule has 1 N–H and O–H groups in total. The number of hydrogen-bond donors (Lipinski definition) is 1. The Hall–Kier alpha value is -2.63. The summed E-state index contributed by atoms with van der Waals surface area (Å²) >= 11 is 0. The summed E-state index contributed by atoms with van der Waals surface area (Å²) < 4.78 is 6.23. The lowest BCUT2D eigenvalue weighted by Gasteiger charge is -2.07. The van der Waals surface area contributed by atoms with Crippen LogP contribution in [-0.4, -0.2) is 21.9 Å². The van der Waals surface area contributed by atoms with Crippen molar-refractivity contribution in [3.63, 3.8) is 0 Å². The van der Waals surface area contributed by atoms with E-state index in [2.05, 4.69) is 10.1 Å². The zero-order valence-corrected chi connectivity index (χ0v) is 12.4. The van der Waals surface area contributed by atoms with Gasteiger partial charge in [-0.05, 0) is 12.1 Å². The number of H-pyrrole nitrogens is 1. The summed E-state index contributed by atoms with van der Waals surface area (Å²) in [6.07, 6.45) is 0. The fourth-order valence-corrected chi connectivity index (χ4v) is 2.14. The van der Waals surface area contributed by atoms with Gasteiger partial charge in [-0.2, -0.15) is 0 Å². The summed E-state index contributed by atoms with van der Waals surface area (Å²) in [7, 11) is 2.93. The highest BCUT2D eigenvalue weighted by molar-refractivity contribution is 5.93. The second kappa shape index (κ2) is 5.78. The monoisotopic (exact) mass is 287 g/mol. The third kappa shape index (κ3) is 2.29. The van der Waals surface area contributed by atoms with Gasteiger partial charge in [0.25, 0.3) is 11.4 Å². The number of pyridine rings is 1. The number of aryl methyl sites for hydroxylation is 1. The van der Waals surface area contributed by atoms with E-state index in [0.29, 0.717) is 16.4 Å². The molecule has 0 unspecified atom stereocenters. The lowest BCUT2D eigenvalue weighted by atomic mass is 10.1. The Morgan fingerprint density at radius 1 is 1.19 bits per heavy atom. The van der Waals surface area contributed by atoms with Crippen LogP contribution in [0.4, 0.5) is 0 Å². The maximum Gasteiger partial charge on any atom is 0.280 e. The Bertz CT molecular complexity index is 910. The van der Waals surface area contributed by atoms with Crippen LogP contribution in [0.1, 0.15) is 13.8 Å². The van der Waals surface area contributed by atoms with Crippen molar-refractivity contribution in [1.29, 1.82) is 0 Å². The molecular weight excluding hydrogens is 270 g/mol. The first-order valence-electron chi connectivity index (χ1n) is 6.69. The number of hydrogen-bond acceptors (Lipinski definition) is 4. The number of ether oxygens (including phenoxy) is 1. The molecule has 0 atom stereocenters. The molecule has 6 heteroatoms. The Balaban J connectivity index is 0.000000774. The topological polar surface area (TPSA) is 77.0 Å². The van der Waals surface area contributed by atoms with Crippen molar-refractivity contribution < 1.29 is 4.74 Å². The Morgan fingerprint density at radius 3 is 2.52 bits per heavy atom. The van der Waals surface area contributed by atoms with Gasteiger partial charge in [0, 0.05) is 18.0 Å². The predicted molar refractivity (Wildman–Crippen MR) is 83.0 cm³/mol. The van der Waals surface area contributed by atoms with E-state index < -0.39 is 5.56 Å². The summed E-state index contributed by atoms with van der Waals surface area (Å²) in [6, 6.07) is 7.02. The first kappa shape index (κ1) is 14.8. The highest BCUT2D eigenvalue weighted by Gasteiger charge is 2.15.